The third-order valence-electron chi connectivity index (χ3n) is 4.01. The van der Waals surface area contributed by atoms with Gasteiger partial charge in [-0.3, -0.25) is 0 Å². The molecule has 20 heavy (non-hydrogen) atoms. The average molecular weight is 289 g/mol. The highest BCUT2D eigenvalue weighted by atomic mass is 35.5. The lowest BCUT2D eigenvalue weighted by molar-refractivity contribution is 0.378. The van der Waals surface area contributed by atoms with Crippen LogP contribution in [-0.4, -0.2) is 34.6 Å². The fourth-order valence-electron chi connectivity index (χ4n) is 2.98. The second-order valence-electron chi connectivity index (χ2n) is 5.50. The highest BCUT2D eigenvalue weighted by Crippen LogP contribution is 2.23. The van der Waals surface area contributed by atoms with Crippen LogP contribution in [0.1, 0.15) is 17.8 Å². The summed E-state index contributed by atoms with van der Waals surface area (Å²) >= 11 is 6.03. The van der Waals surface area contributed by atoms with Gasteiger partial charge in [-0.2, -0.15) is 5.26 Å². The van der Waals surface area contributed by atoms with E-state index in [1.54, 1.807) is 6.07 Å². The summed E-state index contributed by atoms with van der Waals surface area (Å²) in [6.45, 7) is 3.19. The second kappa shape index (κ2) is 5.43. The van der Waals surface area contributed by atoms with Gasteiger partial charge in [0.2, 0.25) is 0 Å². The number of likely N-dealkylation sites (tertiary alicyclic amines) is 1. The summed E-state index contributed by atoms with van der Waals surface area (Å²) < 4.78 is 2.19. The monoisotopic (exact) mass is 288 g/mol. The van der Waals surface area contributed by atoms with E-state index in [-0.39, 0.29) is 0 Å². The van der Waals surface area contributed by atoms with E-state index in [1.165, 1.54) is 6.42 Å². The van der Waals surface area contributed by atoms with Gasteiger partial charge in [0.15, 0.2) is 0 Å². The van der Waals surface area contributed by atoms with Crippen LogP contribution in [0.2, 0.25) is 0 Å². The molecule has 1 aliphatic rings. The Morgan fingerprint density at radius 3 is 3.00 bits per heavy atom. The van der Waals surface area contributed by atoms with Crippen LogP contribution in [0.15, 0.2) is 18.2 Å². The van der Waals surface area contributed by atoms with Crippen LogP contribution in [0.5, 0.6) is 0 Å². The van der Waals surface area contributed by atoms with E-state index < -0.39 is 0 Å². The molecule has 0 radical (unpaired) electrons. The molecule has 0 spiro atoms. The van der Waals surface area contributed by atoms with Crippen LogP contribution in [0, 0.1) is 17.2 Å². The molecule has 1 fully saturated rings. The lowest BCUT2D eigenvalue weighted by Gasteiger charge is -2.14. The zero-order chi connectivity index (χ0) is 14.1. The maximum Gasteiger partial charge on any atom is 0.124 e. The number of alkyl halides is 1. The van der Waals surface area contributed by atoms with Crippen molar-refractivity contribution in [3.05, 3.63) is 29.6 Å². The van der Waals surface area contributed by atoms with Crippen LogP contribution in [0.3, 0.4) is 0 Å². The van der Waals surface area contributed by atoms with Crippen molar-refractivity contribution in [2.24, 2.45) is 5.92 Å². The number of aromatic nitrogens is 2. The SMILES string of the molecule is CN1CCC(Cn2c(CCl)nc3ccc(C#N)cc32)C1. The van der Waals surface area contributed by atoms with Gasteiger partial charge in [-0.15, -0.1) is 11.6 Å². The van der Waals surface area contributed by atoms with E-state index in [1.807, 2.05) is 12.1 Å². The predicted octanol–water partition coefficient (Wildman–Crippen LogP) is 2.60. The highest BCUT2D eigenvalue weighted by Gasteiger charge is 2.22. The molecule has 2 aromatic rings. The summed E-state index contributed by atoms with van der Waals surface area (Å²) in [6.07, 6.45) is 1.20. The van der Waals surface area contributed by atoms with Gasteiger partial charge in [0.1, 0.15) is 5.82 Å². The zero-order valence-electron chi connectivity index (χ0n) is 11.5. The number of rotatable bonds is 3. The Morgan fingerprint density at radius 1 is 1.50 bits per heavy atom. The van der Waals surface area contributed by atoms with Crippen LogP contribution in [-0.2, 0) is 12.4 Å². The van der Waals surface area contributed by atoms with Crippen LogP contribution >= 0.6 is 11.6 Å². The van der Waals surface area contributed by atoms with E-state index in [9.17, 15) is 0 Å². The van der Waals surface area contributed by atoms with Crippen LogP contribution in [0.25, 0.3) is 11.0 Å². The molecular weight excluding hydrogens is 272 g/mol. The normalized spacial score (nSPS) is 19.6. The smallest absolute Gasteiger partial charge is 0.124 e. The fraction of sp³-hybridized carbons (Fsp3) is 0.467. The second-order valence-corrected chi connectivity index (χ2v) is 5.77. The van der Waals surface area contributed by atoms with Gasteiger partial charge in [-0.05, 0) is 44.1 Å². The van der Waals surface area contributed by atoms with Crippen molar-refractivity contribution < 1.29 is 0 Å². The number of halogens is 1. The van der Waals surface area contributed by atoms with E-state index in [0.29, 0.717) is 17.4 Å². The minimum Gasteiger partial charge on any atom is -0.327 e. The first-order chi connectivity index (χ1) is 9.71. The van der Waals surface area contributed by atoms with E-state index >= 15 is 0 Å². The number of nitriles is 1. The van der Waals surface area contributed by atoms with Crippen molar-refractivity contribution in [1.82, 2.24) is 14.5 Å². The summed E-state index contributed by atoms with van der Waals surface area (Å²) in [6, 6.07) is 7.82. The Morgan fingerprint density at radius 2 is 2.35 bits per heavy atom. The van der Waals surface area contributed by atoms with E-state index in [0.717, 1.165) is 36.5 Å². The van der Waals surface area contributed by atoms with Crippen molar-refractivity contribution in [2.45, 2.75) is 18.8 Å². The van der Waals surface area contributed by atoms with E-state index in [4.69, 9.17) is 16.9 Å². The van der Waals surface area contributed by atoms with Gasteiger partial charge >= 0.3 is 0 Å². The van der Waals surface area contributed by atoms with Gasteiger partial charge in [-0.25, -0.2) is 4.98 Å². The number of imidazole rings is 1. The number of hydrogen-bond acceptors (Lipinski definition) is 3. The van der Waals surface area contributed by atoms with Gasteiger partial charge in [0.05, 0.1) is 28.5 Å². The summed E-state index contributed by atoms with van der Waals surface area (Å²) in [7, 11) is 2.16. The minimum absolute atomic E-state index is 0.402. The molecule has 0 saturated carbocycles. The molecule has 1 aromatic heterocycles. The topological polar surface area (TPSA) is 44.9 Å². The first-order valence-electron chi connectivity index (χ1n) is 6.85. The molecule has 4 nitrogen and oxygen atoms in total. The van der Waals surface area contributed by atoms with E-state index in [2.05, 4.69) is 27.6 Å². The highest BCUT2D eigenvalue weighted by molar-refractivity contribution is 6.16. The molecule has 1 saturated heterocycles. The Bertz CT molecular complexity index is 670. The third kappa shape index (κ3) is 2.39. The third-order valence-corrected chi connectivity index (χ3v) is 4.24. The molecule has 5 heteroatoms. The summed E-state index contributed by atoms with van der Waals surface area (Å²) in [4.78, 5) is 6.93. The maximum absolute atomic E-state index is 9.06. The Kier molecular flexibility index (Phi) is 3.64. The fourth-order valence-corrected chi connectivity index (χ4v) is 3.19. The number of benzene rings is 1. The van der Waals surface area contributed by atoms with Crippen LogP contribution in [0.4, 0.5) is 0 Å². The molecule has 1 aromatic carbocycles. The molecule has 2 heterocycles. The van der Waals surface area contributed by atoms with Crippen molar-refractivity contribution in [1.29, 1.82) is 5.26 Å². The molecule has 104 valence electrons. The molecule has 1 atom stereocenters. The summed E-state index contributed by atoms with van der Waals surface area (Å²) in [5.41, 5.74) is 2.61. The number of fused-ring (bicyclic) bond motifs is 1. The Balaban J connectivity index is 2.00. The quantitative estimate of drug-likeness (QED) is 0.816. The van der Waals surface area contributed by atoms with Gasteiger partial charge in [0.25, 0.3) is 0 Å². The largest absolute Gasteiger partial charge is 0.327 e. The minimum atomic E-state index is 0.402. The number of nitrogens with zero attached hydrogens (tertiary/aromatic N) is 4. The maximum atomic E-state index is 9.06. The van der Waals surface area contributed by atoms with Gasteiger partial charge in [0, 0.05) is 13.1 Å². The molecular formula is C15H17ClN4. The van der Waals surface area contributed by atoms with Crippen molar-refractivity contribution in [3.8, 4) is 6.07 Å². The van der Waals surface area contributed by atoms with Gasteiger partial charge < -0.3 is 9.47 Å². The number of hydrogen-bond donors (Lipinski definition) is 0. The molecule has 0 bridgehead atoms. The van der Waals surface area contributed by atoms with Gasteiger partial charge in [-0.1, -0.05) is 0 Å². The Labute approximate surface area is 123 Å². The summed E-state index contributed by atoms with van der Waals surface area (Å²) in [5.74, 6) is 1.93. The predicted molar refractivity (Wildman–Crippen MR) is 79.6 cm³/mol. The Hall–Kier alpha value is -1.57. The standard InChI is InChI=1S/C15H17ClN4/c1-19-5-4-12(9-19)10-20-14-6-11(8-17)2-3-13(14)18-15(20)7-16/h2-3,6,12H,4-5,7,9-10H2,1H3. The van der Waals surface area contributed by atoms with Crippen molar-refractivity contribution in [2.75, 3.05) is 20.1 Å². The lowest BCUT2D eigenvalue weighted by Crippen LogP contribution is -2.18. The average Bonchev–Trinajstić information content (AvgIpc) is 3.03. The molecule has 3 rings (SSSR count). The first-order valence-corrected chi connectivity index (χ1v) is 7.38. The van der Waals surface area contributed by atoms with Crippen molar-refractivity contribution >= 4 is 22.6 Å². The molecule has 1 unspecified atom stereocenters. The lowest BCUT2D eigenvalue weighted by atomic mass is 10.1. The van der Waals surface area contributed by atoms with Crippen LogP contribution < -0.4 is 0 Å². The molecule has 0 aliphatic carbocycles. The summed E-state index contributed by atoms with van der Waals surface area (Å²) in [5, 5.41) is 9.06. The van der Waals surface area contributed by atoms with Crippen molar-refractivity contribution in [3.63, 3.8) is 0 Å². The molecule has 0 N–H and O–H groups in total. The first kappa shape index (κ1) is 13.4. The molecule has 0 amide bonds. The zero-order valence-corrected chi connectivity index (χ0v) is 12.3. The molecule has 1 aliphatic heterocycles.